The maximum absolute atomic E-state index is 13.2. The maximum atomic E-state index is 13.2. The van der Waals surface area contributed by atoms with E-state index in [1.54, 1.807) is 12.1 Å². The van der Waals surface area contributed by atoms with E-state index in [1.807, 2.05) is 12.1 Å². The zero-order valence-corrected chi connectivity index (χ0v) is 16.0. The Morgan fingerprint density at radius 3 is 2.25 bits per heavy atom. The summed E-state index contributed by atoms with van der Waals surface area (Å²) in [6.07, 6.45) is 5.23. The van der Waals surface area contributed by atoms with Crippen LogP contribution >= 0.6 is 0 Å². The first-order valence-corrected chi connectivity index (χ1v) is 9.81. The minimum atomic E-state index is -0.874. The van der Waals surface area contributed by atoms with E-state index in [9.17, 15) is 8.78 Å². The van der Waals surface area contributed by atoms with Crippen LogP contribution in [0, 0.1) is 11.6 Å². The van der Waals surface area contributed by atoms with Gasteiger partial charge in [-0.15, -0.1) is 0 Å². The lowest BCUT2D eigenvalue weighted by atomic mass is 10.2. The van der Waals surface area contributed by atoms with Crippen molar-refractivity contribution in [1.82, 2.24) is 5.32 Å². The third kappa shape index (κ3) is 6.77. The first kappa shape index (κ1) is 20.6. The predicted octanol–water partition coefficient (Wildman–Crippen LogP) is 4.47. The molecule has 0 aliphatic heterocycles. The number of halogens is 2. The van der Waals surface area contributed by atoms with E-state index in [0.717, 1.165) is 24.4 Å². The van der Waals surface area contributed by atoms with Crippen LogP contribution in [0.1, 0.15) is 31.2 Å². The number of hydrogen-bond donors (Lipinski definition) is 1. The second-order valence-electron chi connectivity index (χ2n) is 6.90. The fourth-order valence-corrected chi connectivity index (χ4v) is 3.21. The number of benzene rings is 2. The number of rotatable bonds is 11. The highest BCUT2D eigenvalue weighted by atomic mass is 19.2. The summed E-state index contributed by atoms with van der Waals surface area (Å²) < 4.78 is 42.9. The molecule has 2 aromatic carbocycles. The zero-order valence-electron chi connectivity index (χ0n) is 16.0. The molecule has 0 heterocycles. The summed E-state index contributed by atoms with van der Waals surface area (Å²) in [7, 11) is 0. The van der Waals surface area contributed by atoms with Crippen LogP contribution in [0.2, 0.25) is 0 Å². The molecule has 2 aromatic rings. The molecule has 0 bridgehead atoms. The molecule has 1 aliphatic rings. The lowest BCUT2D eigenvalue weighted by molar-refractivity contribution is 0.100. The van der Waals surface area contributed by atoms with Crippen LogP contribution in [0.25, 0.3) is 0 Å². The quantitative estimate of drug-likeness (QED) is 0.574. The second kappa shape index (κ2) is 11.0. The monoisotopic (exact) mass is 391 g/mol. The van der Waals surface area contributed by atoms with Crippen LogP contribution in [0.5, 0.6) is 11.5 Å². The summed E-state index contributed by atoms with van der Waals surface area (Å²) in [5.74, 6) is -0.375. The van der Waals surface area contributed by atoms with Gasteiger partial charge in [0.2, 0.25) is 0 Å². The molecule has 6 heteroatoms. The van der Waals surface area contributed by atoms with Crippen molar-refractivity contribution in [1.29, 1.82) is 0 Å². The van der Waals surface area contributed by atoms with Gasteiger partial charge < -0.3 is 19.5 Å². The van der Waals surface area contributed by atoms with Crippen molar-refractivity contribution in [3.05, 3.63) is 59.7 Å². The molecule has 4 nitrogen and oxygen atoms in total. The molecule has 0 aromatic heterocycles. The molecular formula is C22H27F2NO3. The first-order valence-electron chi connectivity index (χ1n) is 9.81. The SMILES string of the molecule is Fc1ccc(COc2ccc(OCCOCCNC3CCCC3)cc2)cc1F. The van der Waals surface area contributed by atoms with Crippen LogP contribution in [-0.4, -0.2) is 32.4 Å². The van der Waals surface area contributed by atoms with Gasteiger partial charge in [-0.25, -0.2) is 8.78 Å². The van der Waals surface area contributed by atoms with Crippen molar-refractivity contribution in [2.75, 3.05) is 26.4 Å². The first-order chi connectivity index (χ1) is 13.7. The van der Waals surface area contributed by atoms with Crippen LogP contribution in [0.4, 0.5) is 8.78 Å². The van der Waals surface area contributed by atoms with Gasteiger partial charge in [-0.2, -0.15) is 0 Å². The third-order valence-electron chi connectivity index (χ3n) is 4.74. The Labute approximate surface area is 164 Å². The van der Waals surface area contributed by atoms with Crippen LogP contribution in [-0.2, 0) is 11.3 Å². The van der Waals surface area contributed by atoms with Gasteiger partial charge in [0, 0.05) is 12.6 Å². The van der Waals surface area contributed by atoms with E-state index in [0.29, 0.717) is 37.2 Å². The van der Waals surface area contributed by atoms with E-state index in [2.05, 4.69) is 5.32 Å². The highest BCUT2D eigenvalue weighted by molar-refractivity contribution is 5.31. The summed E-state index contributed by atoms with van der Waals surface area (Å²) in [6.45, 7) is 2.77. The molecule has 1 saturated carbocycles. The molecule has 1 N–H and O–H groups in total. The van der Waals surface area contributed by atoms with E-state index < -0.39 is 11.6 Å². The van der Waals surface area contributed by atoms with Gasteiger partial charge >= 0.3 is 0 Å². The number of hydrogen-bond acceptors (Lipinski definition) is 4. The van der Waals surface area contributed by atoms with E-state index in [4.69, 9.17) is 14.2 Å². The van der Waals surface area contributed by atoms with E-state index in [-0.39, 0.29) is 6.61 Å². The third-order valence-corrected chi connectivity index (χ3v) is 4.74. The Balaban J connectivity index is 1.28. The lowest BCUT2D eigenvalue weighted by Gasteiger charge is -2.12. The fraction of sp³-hybridized carbons (Fsp3) is 0.455. The Hall–Kier alpha value is -2.18. The van der Waals surface area contributed by atoms with Crippen molar-refractivity contribution < 1.29 is 23.0 Å². The van der Waals surface area contributed by atoms with Gasteiger partial charge in [-0.05, 0) is 54.8 Å². The molecule has 0 saturated heterocycles. The van der Waals surface area contributed by atoms with Crippen LogP contribution in [0.15, 0.2) is 42.5 Å². The highest BCUT2D eigenvalue weighted by Gasteiger charge is 2.13. The fourth-order valence-electron chi connectivity index (χ4n) is 3.21. The molecular weight excluding hydrogens is 364 g/mol. The lowest BCUT2D eigenvalue weighted by Crippen LogP contribution is -2.29. The van der Waals surface area contributed by atoms with E-state index >= 15 is 0 Å². The largest absolute Gasteiger partial charge is 0.491 e. The average molecular weight is 391 g/mol. The normalized spacial score (nSPS) is 14.4. The Morgan fingerprint density at radius 1 is 0.821 bits per heavy atom. The molecule has 3 rings (SSSR count). The maximum Gasteiger partial charge on any atom is 0.159 e. The molecule has 1 aliphatic carbocycles. The molecule has 28 heavy (non-hydrogen) atoms. The summed E-state index contributed by atoms with van der Waals surface area (Å²) in [4.78, 5) is 0. The van der Waals surface area contributed by atoms with Crippen LogP contribution in [0.3, 0.4) is 0 Å². The summed E-state index contributed by atoms with van der Waals surface area (Å²) in [5, 5.41) is 3.51. The Kier molecular flexibility index (Phi) is 8.06. The van der Waals surface area contributed by atoms with Gasteiger partial charge in [0.05, 0.1) is 13.2 Å². The van der Waals surface area contributed by atoms with Gasteiger partial charge in [0.25, 0.3) is 0 Å². The predicted molar refractivity (Wildman–Crippen MR) is 104 cm³/mol. The van der Waals surface area contributed by atoms with Gasteiger partial charge in [0.1, 0.15) is 24.7 Å². The van der Waals surface area contributed by atoms with Crippen molar-refractivity contribution in [3.8, 4) is 11.5 Å². The molecule has 0 unspecified atom stereocenters. The highest BCUT2D eigenvalue weighted by Crippen LogP contribution is 2.19. The molecule has 0 amide bonds. The van der Waals surface area contributed by atoms with Gasteiger partial charge in [-0.1, -0.05) is 18.9 Å². The summed E-state index contributed by atoms with van der Waals surface area (Å²) in [6, 6.07) is 11.6. The summed E-state index contributed by atoms with van der Waals surface area (Å²) >= 11 is 0. The van der Waals surface area contributed by atoms with Crippen LogP contribution < -0.4 is 14.8 Å². The minimum Gasteiger partial charge on any atom is -0.491 e. The average Bonchev–Trinajstić information content (AvgIpc) is 3.22. The van der Waals surface area contributed by atoms with Gasteiger partial charge in [0.15, 0.2) is 11.6 Å². The number of nitrogens with one attached hydrogen (secondary N) is 1. The topological polar surface area (TPSA) is 39.7 Å². The Bertz CT molecular complexity index is 718. The van der Waals surface area contributed by atoms with Crippen molar-refractivity contribution in [3.63, 3.8) is 0 Å². The molecule has 0 radical (unpaired) electrons. The molecule has 0 spiro atoms. The van der Waals surface area contributed by atoms with Gasteiger partial charge in [-0.3, -0.25) is 0 Å². The van der Waals surface area contributed by atoms with Crippen molar-refractivity contribution >= 4 is 0 Å². The van der Waals surface area contributed by atoms with Crippen molar-refractivity contribution in [2.45, 2.75) is 38.3 Å². The molecule has 152 valence electrons. The Morgan fingerprint density at radius 2 is 1.54 bits per heavy atom. The molecule has 0 atom stereocenters. The zero-order chi connectivity index (χ0) is 19.6. The standard InChI is InChI=1S/C22H27F2NO3/c23-21-10-5-17(15-22(21)24)16-28-20-8-6-19(7-9-20)27-14-13-26-12-11-25-18-3-1-2-4-18/h5-10,15,18,25H,1-4,11-14,16H2. The summed E-state index contributed by atoms with van der Waals surface area (Å²) in [5.41, 5.74) is 0.568. The van der Waals surface area contributed by atoms with E-state index in [1.165, 1.54) is 31.7 Å². The smallest absolute Gasteiger partial charge is 0.159 e. The second-order valence-corrected chi connectivity index (χ2v) is 6.90. The molecule has 1 fully saturated rings. The van der Waals surface area contributed by atoms with Crippen molar-refractivity contribution in [2.24, 2.45) is 0 Å². The minimum absolute atomic E-state index is 0.167. The number of ether oxygens (including phenoxy) is 3.